The van der Waals surface area contributed by atoms with E-state index in [0.29, 0.717) is 5.88 Å². The highest BCUT2D eigenvalue weighted by Crippen LogP contribution is 2.12. The highest BCUT2D eigenvalue weighted by atomic mass is 35.5. The Morgan fingerprint density at radius 2 is 2.06 bits per heavy atom. The van der Waals surface area contributed by atoms with Crippen LogP contribution in [0, 0.1) is 5.92 Å². The van der Waals surface area contributed by atoms with Crippen LogP contribution in [-0.2, 0) is 6.54 Å². The summed E-state index contributed by atoms with van der Waals surface area (Å²) in [5.41, 5.74) is 0.879. The number of hydrogen-bond acceptors (Lipinski definition) is 5. The van der Waals surface area contributed by atoms with E-state index < -0.39 is 0 Å². The highest BCUT2D eigenvalue weighted by Gasteiger charge is 2.12. The Morgan fingerprint density at radius 1 is 1.33 bits per heavy atom. The molecule has 6 heteroatoms. The number of rotatable bonds is 5. The Morgan fingerprint density at radius 3 is 2.78 bits per heavy atom. The standard InChI is InChI=1S/C12H20N4O.ClH/c1-17-12-11(15-6-7-16-12)9-14-8-10-2-4-13-5-3-10;/h6-7,10,13-14H,2-5,8-9H2,1H3;1H. The predicted octanol–water partition coefficient (Wildman–Crippen LogP) is 0.996. The van der Waals surface area contributed by atoms with Gasteiger partial charge in [-0.05, 0) is 38.4 Å². The third kappa shape index (κ3) is 4.40. The summed E-state index contributed by atoms with van der Waals surface area (Å²) in [5.74, 6) is 1.39. The molecule has 0 unspecified atom stereocenters. The van der Waals surface area contributed by atoms with E-state index in [1.807, 2.05) is 0 Å². The molecule has 1 aliphatic heterocycles. The molecule has 18 heavy (non-hydrogen) atoms. The molecule has 1 saturated heterocycles. The minimum absolute atomic E-state index is 0. The van der Waals surface area contributed by atoms with Gasteiger partial charge in [0.2, 0.25) is 5.88 Å². The van der Waals surface area contributed by atoms with Gasteiger partial charge in [0, 0.05) is 18.9 Å². The molecule has 2 rings (SSSR count). The van der Waals surface area contributed by atoms with E-state index in [4.69, 9.17) is 4.74 Å². The summed E-state index contributed by atoms with van der Waals surface area (Å²) in [6, 6.07) is 0. The van der Waals surface area contributed by atoms with E-state index in [1.165, 1.54) is 12.8 Å². The molecule has 0 radical (unpaired) electrons. The van der Waals surface area contributed by atoms with Crippen LogP contribution in [0.25, 0.3) is 0 Å². The lowest BCUT2D eigenvalue weighted by atomic mass is 9.98. The zero-order valence-corrected chi connectivity index (χ0v) is 11.5. The molecular weight excluding hydrogens is 252 g/mol. The molecule has 1 aromatic rings. The molecule has 2 heterocycles. The second-order valence-electron chi connectivity index (χ2n) is 4.34. The third-order valence-corrected chi connectivity index (χ3v) is 3.11. The molecule has 2 N–H and O–H groups in total. The molecule has 1 aliphatic rings. The number of nitrogens with one attached hydrogen (secondary N) is 2. The van der Waals surface area contributed by atoms with Gasteiger partial charge in [-0.2, -0.15) is 0 Å². The van der Waals surface area contributed by atoms with Crippen LogP contribution in [0.4, 0.5) is 0 Å². The first-order valence-electron chi connectivity index (χ1n) is 6.15. The maximum atomic E-state index is 5.16. The van der Waals surface area contributed by atoms with Crippen molar-refractivity contribution in [2.75, 3.05) is 26.7 Å². The average Bonchev–Trinajstić information content (AvgIpc) is 2.40. The Kier molecular flexibility index (Phi) is 6.93. The second kappa shape index (κ2) is 8.24. The van der Waals surface area contributed by atoms with Gasteiger partial charge in [0.1, 0.15) is 5.69 Å². The predicted molar refractivity (Wildman–Crippen MR) is 73.1 cm³/mol. The van der Waals surface area contributed by atoms with Gasteiger partial charge in [-0.25, -0.2) is 4.98 Å². The van der Waals surface area contributed by atoms with Crippen LogP contribution in [0.2, 0.25) is 0 Å². The van der Waals surface area contributed by atoms with Crippen molar-refractivity contribution in [3.8, 4) is 5.88 Å². The van der Waals surface area contributed by atoms with Crippen molar-refractivity contribution in [2.24, 2.45) is 5.92 Å². The lowest BCUT2D eigenvalue weighted by Crippen LogP contribution is -2.33. The quantitative estimate of drug-likeness (QED) is 0.837. The zero-order valence-electron chi connectivity index (χ0n) is 10.7. The van der Waals surface area contributed by atoms with E-state index in [2.05, 4.69) is 20.6 Å². The summed E-state index contributed by atoms with van der Waals surface area (Å²) >= 11 is 0. The molecule has 5 nitrogen and oxygen atoms in total. The van der Waals surface area contributed by atoms with Crippen LogP contribution >= 0.6 is 12.4 Å². The summed E-state index contributed by atoms with van der Waals surface area (Å²) in [6.45, 7) is 4.05. The Labute approximate surface area is 114 Å². The van der Waals surface area contributed by atoms with Crippen molar-refractivity contribution >= 4 is 12.4 Å². The van der Waals surface area contributed by atoms with E-state index in [0.717, 1.165) is 37.8 Å². The fraction of sp³-hybridized carbons (Fsp3) is 0.667. The molecular formula is C12H21ClN4O. The minimum atomic E-state index is 0. The largest absolute Gasteiger partial charge is 0.480 e. The highest BCUT2D eigenvalue weighted by molar-refractivity contribution is 5.85. The van der Waals surface area contributed by atoms with E-state index in [9.17, 15) is 0 Å². The van der Waals surface area contributed by atoms with Crippen LogP contribution in [0.15, 0.2) is 12.4 Å². The lowest BCUT2D eigenvalue weighted by molar-refractivity contribution is 0.351. The first-order chi connectivity index (χ1) is 8.40. The molecule has 0 aromatic carbocycles. The van der Waals surface area contributed by atoms with Crippen molar-refractivity contribution in [3.05, 3.63) is 18.1 Å². The number of nitrogens with zero attached hydrogens (tertiary/aromatic N) is 2. The molecule has 0 bridgehead atoms. The lowest BCUT2D eigenvalue weighted by Gasteiger charge is -2.22. The van der Waals surface area contributed by atoms with Crippen LogP contribution < -0.4 is 15.4 Å². The SMILES string of the molecule is COc1nccnc1CNCC1CCNCC1.Cl. The fourth-order valence-electron chi connectivity index (χ4n) is 2.13. The first kappa shape index (κ1) is 15.1. The monoisotopic (exact) mass is 272 g/mol. The number of piperidine rings is 1. The Balaban J connectivity index is 0.00000162. The van der Waals surface area contributed by atoms with E-state index in [1.54, 1.807) is 19.5 Å². The smallest absolute Gasteiger partial charge is 0.236 e. The van der Waals surface area contributed by atoms with Gasteiger partial charge in [-0.3, -0.25) is 4.98 Å². The van der Waals surface area contributed by atoms with Crippen LogP contribution in [0.1, 0.15) is 18.5 Å². The molecule has 0 aliphatic carbocycles. The van der Waals surface area contributed by atoms with Crippen LogP contribution in [0.3, 0.4) is 0 Å². The van der Waals surface area contributed by atoms with Gasteiger partial charge in [-0.1, -0.05) is 0 Å². The number of ether oxygens (including phenoxy) is 1. The number of aromatic nitrogens is 2. The van der Waals surface area contributed by atoms with Crippen molar-refractivity contribution in [3.63, 3.8) is 0 Å². The number of halogens is 1. The summed E-state index contributed by atoms with van der Waals surface area (Å²) in [4.78, 5) is 8.40. The number of hydrogen-bond donors (Lipinski definition) is 2. The van der Waals surface area contributed by atoms with Crippen molar-refractivity contribution < 1.29 is 4.74 Å². The number of methoxy groups -OCH3 is 1. The fourth-order valence-corrected chi connectivity index (χ4v) is 2.13. The van der Waals surface area contributed by atoms with Crippen molar-refractivity contribution in [1.82, 2.24) is 20.6 Å². The van der Waals surface area contributed by atoms with Crippen LogP contribution in [0.5, 0.6) is 5.88 Å². The van der Waals surface area contributed by atoms with Gasteiger partial charge in [0.15, 0.2) is 0 Å². The average molecular weight is 273 g/mol. The van der Waals surface area contributed by atoms with Crippen LogP contribution in [-0.4, -0.2) is 36.7 Å². The summed E-state index contributed by atoms with van der Waals surface area (Å²) in [5, 5.41) is 6.81. The molecule has 0 spiro atoms. The first-order valence-corrected chi connectivity index (χ1v) is 6.15. The topological polar surface area (TPSA) is 59.1 Å². The van der Waals surface area contributed by atoms with E-state index in [-0.39, 0.29) is 12.4 Å². The Bertz CT molecular complexity index is 345. The third-order valence-electron chi connectivity index (χ3n) is 3.11. The molecule has 0 amide bonds. The molecule has 0 saturated carbocycles. The van der Waals surface area contributed by atoms with Gasteiger partial charge in [0.05, 0.1) is 7.11 Å². The molecule has 102 valence electrons. The van der Waals surface area contributed by atoms with Crippen molar-refractivity contribution in [2.45, 2.75) is 19.4 Å². The zero-order chi connectivity index (χ0) is 11.9. The van der Waals surface area contributed by atoms with Gasteiger partial charge < -0.3 is 15.4 Å². The van der Waals surface area contributed by atoms with Gasteiger partial charge in [-0.15, -0.1) is 12.4 Å². The van der Waals surface area contributed by atoms with Gasteiger partial charge in [0.25, 0.3) is 0 Å². The van der Waals surface area contributed by atoms with Gasteiger partial charge >= 0.3 is 0 Å². The maximum absolute atomic E-state index is 5.16. The summed E-state index contributed by atoms with van der Waals surface area (Å²) in [6.07, 6.45) is 5.86. The normalized spacial score (nSPS) is 16.1. The van der Waals surface area contributed by atoms with E-state index >= 15 is 0 Å². The summed E-state index contributed by atoms with van der Waals surface area (Å²) < 4.78 is 5.16. The second-order valence-corrected chi connectivity index (χ2v) is 4.34. The molecule has 0 atom stereocenters. The maximum Gasteiger partial charge on any atom is 0.236 e. The molecule has 1 fully saturated rings. The summed E-state index contributed by atoms with van der Waals surface area (Å²) in [7, 11) is 1.63. The molecule has 1 aromatic heterocycles. The minimum Gasteiger partial charge on any atom is -0.480 e. The Hall–Kier alpha value is -0.910. The van der Waals surface area contributed by atoms with Crippen molar-refractivity contribution in [1.29, 1.82) is 0 Å².